The fourth-order valence-electron chi connectivity index (χ4n) is 5.99. The lowest BCUT2D eigenvalue weighted by atomic mass is 9.91. The molecular formula is C45H70ClF2N3. The quantitative estimate of drug-likeness (QED) is 0.0807. The molecule has 0 saturated heterocycles. The lowest BCUT2D eigenvalue weighted by molar-refractivity contribution is 0.326. The highest BCUT2D eigenvalue weighted by Crippen LogP contribution is 2.31. The van der Waals surface area contributed by atoms with Gasteiger partial charge < -0.3 is 10.2 Å². The molecule has 0 aliphatic heterocycles. The van der Waals surface area contributed by atoms with Crippen LogP contribution in [0.15, 0.2) is 70.9 Å². The normalized spacial score (nSPS) is 14.5. The van der Waals surface area contributed by atoms with Crippen molar-refractivity contribution in [3.63, 3.8) is 0 Å². The number of nitrogens with one attached hydrogen (secondary N) is 1. The number of aliphatic imine (C=N–C) groups is 1. The standard InChI is InChI=1S/C29H35ClF2N2.C9H21N.C7H14/c1-6-9-11-20(4)28(19-33-21(5)34-26-17-24(30)16-25(31)18-26)27(12-10-7-2)23-14-13-22(8-3)29(32)15-23;1-4-6-7-9-10(3)8-5-2;1-7-5-3-2-4-6-7/h11-19H,6-10H2,1-5H3,(H,33,34);4-9H2,1-3H3;7H,2-6H2,1H3/b20-11+,27-12-,28-19+;;. The Morgan fingerprint density at radius 1 is 0.863 bits per heavy atom. The van der Waals surface area contributed by atoms with Gasteiger partial charge in [0.25, 0.3) is 0 Å². The molecule has 1 saturated carbocycles. The summed E-state index contributed by atoms with van der Waals surface area (Å²) in [5.74, 6) is 1.01. The summed E-state index contributed by atoms with van der Waals surface area (Å²) < 4.78 is 28.4. The monoisotopic (exact) mass is 726 g/mol. The molecule has 0 unspecified atom stereocenters. The third-order valence-electron chi connectivity index (χ3n) is 9.05. The van der Waals surface area contributed by atoms with E-state index in [1.54, 1.807) is 18.3 Å². The van der Waals surface area contributed by atoms with Gasteiger partial charge in [0.15, 0.2) is 0 Å². The van der Waals surface area contributed by atoms with Crippen LogP contribution in [0, 0.1) is 17.6 Å². The number of aryl methyl sites for hydroxylation is 1. The molecule has 51 heavy (non-hydrogen) atoms. The van der Waals surface area contributed by atoms with Crippen molar-refractivity contribution < 1.29 is 8.78 Å². The first kappa shape index (κ1) is 46.3. The van der Waals surface area contributed by atoms with E-state index in [9.17, 15) is 8.78 Å². The predicted molar refractivity (Wildman–Crippen MR) is 223 cm³/mol. The number of hydrogen-bond acceptors (Lipinski definition) is 2. The number of benzene rings is 2. The maximum Gasteiger partial charge on any atom is 0.127 e. The van der Waals surface area contributed by atoms with Gasteiger partial charge in [-0.1, -0.05) is 135 Å². The van der Waals surface area contributed by atoms with Gasteiger partial charge in [0.2, 0.25) is 0 Å². The van der Waals surface area contributed by atoms with Gasteiger partial charge in [0, 0.05) is 22.5 Å². The third kappa shape index (κ3) is 20.2. The van der Waals surface area contributed by atoms with E-state index in [4.69, 9.17) is 11.6 Å². The van der Waals surface area contributed by atoms with Crippen LogP contribution in [0.4, 0.5) is 14.5 Å². The number of unbranched alkanes of at least 4 members (excludes halogenated alkanes) is 4. The highest BCUT2D eigenvalue weighted by Gasteiger charge is 2.13. The van der Waals surface area contributed by atoms with Crippen molar-refractivity contribution >= 4 is 28.7 Å². The second-order valence-corrected chi connectivity index (χ2v) is 14.5. The molecule has 0 bridgehead atoms. The summed E-state index contributed by atoms with van der Waals surface area (Å²) in [5, 5.41) is 3.40. The molecule has 3 rings (SSSR count). The Kier molecular flexibility index (Phi) is 25.2. The average molecular weight is 727 g/mol. The second-order valence-electron chi connectivity index (χ2n) is 14.0. The zero-order chi connectivity index (χ0) is 38.0. The lowest BCUT2D eigenvalue weighted by Crippen LogP contribution is -2.20. The summed E-state index contributed by atoms with van der Waals surface area (Å²) in [4.78, 5) is 7.03. The van der Waals surface area contributed by atoms with Gasteiger partial charge in [-0.3, -0.25) is 0 Å². The van der Waals surface area contributed by atoms with E-state index in [-0.39, 0.29) is 5.82 Å². The highest BCUT2D eigenvalue weighted by molar-refractivity contribution is 6.30. The minimum atomic E-state index is -0.417. The fraction of sp³-hybridized carbons (Fsp3) is 0.578. The Labute approximate surface area is 316 Å². The SMILES string of the molecule is CC1CCCCC1.CCCCCN(C)CCC.CCC\C=C(C(=C/N=C(C)Nc1cc(F)cc(Cl)c1)/C(C)=C/CCC)\c1ccc(CC)c(F)c1. The van der Waals surface area contributed by atoms with Gasteiger partial charge in [-0.15, -0.1) is 0 Å². The summed E-state index contributed by atoms with van der Waals surface area (Å²) >= 11 is 5.97. The minimum Gasteiger partial charge on any atom is -0.344 e. The number of halogens is 3. The van der Waals surface area contributed by atoms with Crippen molar-refractivity contribution in [3.05, 3.63) is 93.7 Å². The van der Waals surface area contributed by atoms with Crippen LogP contribution >= 0.6 is 11.6 Å². The molecule has 0 amide bonds. The van der Waals surface area contributed by atoms with Gasteiger partial charge in [-0.05, 0) is 119 Å². The van der Waals surface area contributed by atoms with Crippen molar-refractivity contribution in [2.24, 2.45) is 10.9 Å². The fourth-order valence-corrected chi connectivity index (χ4v) is 6.21. The van der Waals surface area contributed by atoms with Crippen LogP contribution in [-0.2, 0) is 6.42 Å². The molecular weight excluding hydrogens is 656 g/mol. The summed E-state index contributed by atoms with van der Waals surface area (Å²) in [6.45, 7) is 19.4. The molecule has 0 heterocycles. The zero-order valence-corrected chi connectivity index (χ0v) is 34.4. The van der Waals surface area contributed by atoms with Crippen LogP contribution in [-0.4, -0.2) is 30.9 Å². The third-order valence-corrected chi connectivity index (χ3v) is 9.27. The molecule has 1 aliphatic carbocycles. The number of hydrogen-bond donors (Lipinski definition) is 1. The van der Waals surface area contributed by atoms with E-state index < -0.39 is 5.82 Å². The Hall–Kier alpha value is -2.76. The molecule has 1 aliphatic rings. The Morgan fingerprint density at radius 2 is 1.55 bits per heavy atom. The summed E-state index contributed by atoms with van der Waals surface area (Å²) in [6, 6.07) is 9.72. The van der Waals surface area contributed by atoms with Crippen LogP contribution in [0.2, 0.25) is 5.02 Å². The van der Waals surface area contributed by atoms with Gasteiger partial charge >= 0.3 is 0 Å². The number of rotatable bonds is 16. The smallest absolute Gasteiger partial charge is 0.127 e. The van der Waals surface area contributed by atoms with Crippen molar-refractivity contribution in [3.8, 4) is 0 Å². The van der Waals surface area contributed by atoms with Crippen LogP contribution < -0.4 is 5.32 Å². The Bertz CT molecular complexity index is 1350. The highest BCUT2D eigenvalue weighted by atomic mass is 35.5. The van der Waals surface area contributed by atoms with E-state index in [1.165, 1.54) is 83.0 Å². The average Bonchev–Trinajstić information content (AvgIpc) is 3.09. The van der Waals surface area contributed by atoms with Crippen LogP contribution in [0.25, 0.3) is 5.57 Å². The first-order valence-electron chi connectivity index (χ1n) is 19.8. The molecule has 3 nitrogen and oxygen atoms in total. The molecule has 6 heteroatoms. The number of nitrogens with zero attached hydrogens (tertiary/aromatic N) is 2. The van der Waals surface area contributed by atoms with Crippen molar-refractivity contribution in [1.82, 2.24) is 4.90 Å². The molecule has 2 aromatic carbocycles. The molecule has 1 fully saturated rings. The van der Waals surface area contributed by atoms with Gasteiger partial charge in [0.1, 0.15) is 17.5 Å². The van der Waals surface area contributed by atoms with E-state index >= 15 is 0 Å². The molecule has 286 valence electrons. The number of amidine groups is 1. The maximum atomic E-state index is 14.7. The summed E-state index contributed by atoms with van der Waals surface area (Å²) in [5.41, 5.74) is 5.03. The summed E-state index contributed by atoms with van der Waals surface area (Å²) in [7, 11) is 2.21. The van der Waals surface area contributed by atoms with Gasteiger partial charge in [-0.25, -0.2) is 13.8 Å². The molecule has 0 radical (unpaired) electrons. The summed E-state index contributed by atoms with van der Waals surface area (Å²) in [6.07, 6.45) is 23.4. The van der Waals surface area contributed by atoms with E-state index in [1.807, 2.05) is 26.0 Å². The second kappa shape index (κ2) is 27.8. The molecule has 2 aromatic rings. The predicted octanol–water partition coefficient (Wildman–Crippen LogP) is 14.6. The van der Waals surface area contributed by atoms with Crippen LogP contribution in [0.1, 0.15) is 150 Å². The first-order chi connectivity index (χ1) is 24.5. The van der Waals surface area contributed by atoms with E-state index in [2.05, 4.69) is 76.0 Å². The number of allylic oxidation sites excluding steroid dienone is 5. The Morgan fingerprint density at radius 3 is 2.10 bits per heavy atom. The largest absolute Gasteiger partial charge is 0.344 e. The van der Waals surface area contributed by atoms with E-state index in [0.29, 0.717) is 28.5 Å². The zero-order valence-electron chi connectivity index (χ0n) is 33.6. The first-order valence-corrected chi connectivity index (χ1v) is 20.2. The topological polar surface area (TPSA) is 27.6 Å². The van der Waals surface area contributed by atoms with Crippen LogP contribution in [0.5, 0.6) is 0 Å². The van der Waals surface area contributed by atoms with Crippen molar-refractivity contribution in [2.75, 3.05) is 25.5 Å². The minimum absolute atomic E-state index is 0.193. The lowest BCUT2D eigenvalue weighted by Gasteiger charge is -2.15. The van der Waals surface area contributed by atoms with Crippen molar-refractivity contribution in [2.45, 2.75) is 145 Å². The molecule has 0 spiro atoms. The van der Waals surface area contributed by atoms with Gasteiger partial charge in [-0.2, -0.15) is 0 Å². The molecule has 1 N–H and O–H groups in total. The number of anilines is 1. The Balaban J connectivity index is 0.000000622. The molecule has 0 aromatic heterocycles. The van der Waals surface area contributed by atoms with Gasteiger partial charge in [0.05, 0.1) is 0 Å². The maximum absolute atomic E-state index is 14.7. The van der Waals surface area contributed by atoms with Crippen molar-refractivity contribution in [1.29, 1.82) is 0 Å². The van der Waals surface area contributed by atoms with E-state index in [0.717, 1.165) is 53.9 Å². The molecule has 0 atom stereocenters. The van der Waals surface area contributed by atoms with Crippen LogP contribution in [0.3, 0.4) is 0 Å².